The number of hydrogen-bond donors (Lipinski definition) is 2. The Bertz CT molecular complexity index is 1400. The number of anilines is 2. The molecule has 4 rings (SSSR count). The molecule has 0 amide bonds. The number of sulfonamides is 1. The van der Waals surface area contributed by atoms with Crippen molar-refractivity contribution in [1.29, 1.82) is 5.26 Å². The summed E-state index contributed by atoms with van der Waals surface area (Å²) in [6, 6.07) is 16.6. The molecule has 0 aliphatic rings. The second kappa shape index (κ2) is 9.95. The number of aryl methyl sites for hydroxylation is 1. The van der Waals surface area contributed by atoms with Crippen LogP contribution in [0.2, 0.25) is 0 Å². The molecule has 166 valence electrons. The third-order valence-electron chi connectivity index (χ3n) is 4.71. The van der Waals surface area contributed by atoms with Crippen LogP contribution in [0.4, 0.5) is 10.8 Å². The maximum atomic E-state index is 12.4. The monoisotopic (exact) mass is 493 g/mol. The summed E-state index contributed by atoms with van der Waals surface area (Å²) in [5, 5.41) is 17.2. The quantitative estimate of drug-likeness (QED) is 0.309. The first-order valence-electron chi connectivity index (χ1n) is 9.93. The predicted molar refractivity (Wildman–Crippen MR) is 134 cm³/mol. The number of aromatic nitrogens is 2. The van der Waals surface area contributed by atoms with Gasteiger partial charge in [0, 0.05) is 34.4 Å². The molecule has 0 fully saturated rings. The number of hydrogen-bond acceptors (Lipinski definition) is 8. The van der Waals surface area contributed by atoms with Crippen LogP contribution >= 0.6 is 22.7 Å². The maximum absolute atomic E-state index is 12.4. The molecule has 0 saturated carbocycles. The molecule has 10 heteroatoms. The highest BCUT2D eigenvalue weighted by Crippen LogP contribution is 2.27. The molecule has 0 radical (unpaired) electrons. The van der Waals surface area contributed by atoms with Crippen LogP contribution in [-0.2, 0) is 16.4 Å². The highest BCUT2D eigenvalue weighted by molar-refractivity contribution is 7.93. The van der Waals surface area contributed by atoms with Crippen molar-refractivity contribution >= 4 is 49.1 Å². The summed E-state index contributed by atoms with van der Waals surface area (Å²) in [5.74, 6) is 0. The number of nitriles is 1. The van der Waals surface area contributed by atoms with Crippen molar-refractivity contribution < 1.29 is 8.42 Å². The third kappa shape index (κ3) is 5.46. The fourth-order valence-electron chi connectivity index (χ4n) is 2.92. The number of allylic oxidation sites excluding steroid dienone is 1. The topological polar surface area (TPSA) is 108 Å². The maximum Gasteiger partial charge on any atom is 0.263 e. The zero-order valence-corrected chi connectivity index (χ0v) is 20.0. The van der Waals surface area contributed by atoms with Gasteiger partial charge in [0.25, 0.3) is 10.0 Å². The molecule has 0 aliphatic carbocycles. The Kier molecular flexibility index (Phi) is 6.84. The molecule has 0 saturated heterocycles. The van der Waals surface area contributed by atoms with E-state index in [0.29, 0.717) is 21.4 Å². The van der Waals surface area contributed by atoms with E-state index in [1.54, 1.807) is 23.7 Å². The largest absolute Gasteiger partial charge is 0.360 e. The van der Waals surface area contributed by atoms with E-state index in [0.717, 1.165) is 17.7 Å². The van der Waals surface area contributed by atoms with Crippen molar-refractivity contribution in [3.63, 3.8) is 0 Å². The number of rotatable bonds is 8. The van der Waals surface area contributed by atoms with Gasteiger partial charge in [0.15, 0.2) is 5.13 Å². The third-order valence-corrected chi connectivity index (χ3v) is 7.76. The second-order valence-electron chi connectivity index (χ2n) is 6.87. The van der Waals surface area contributed by atoms with E-state index >= 15 is 0 Å². The lowest BCUT2D eigenvalue weighted by Crippen LogP contribution is -2.12. The van der Waals surface area contributed by atoms with Gasteiger partial charge in [-0.2, -0.15) is 5.26 Å². The summed E-state index contributed by atoms with van der Waals surface area (Å²) >= 11 is 2.60. The van der Waals surface area contributed by atoms with E-state index in [1.165, 1.54) is 46.6 Å². The first kappa shape index (κ1) is 22.7. The molecule has 4 aromatic rings. The molecular formula is C23H19N5O2S3. The average molecular weight is 494 g/mol. The van der Waals surface area contributed by atoms with Crippen LogP contribution in [0.1, 0.15) is 17.5 Å². The number of nitrogens with zero attached hydrogens (tertiary/aromatic N) is 3. The van der Waals surface area contributed by atoms with Gasteiger partial charge in [0.05, 0.1) is 10.6 Å². The number of nitrogens with one attached hydrogen (secondary N) is 2. The van der Waals surface area contributed by atoms with Crippen molar-refractivity contribution in [1.82, 2.24) is 9.97 Å². The lowest BCUT2D eigenvalue weighted by molar-refractivity contribution is 0.601. The fraction of sp³-hybridized carbons (Fsp3) is 0.0870. The molecule has 2 N–H and O–H groups in total. The molecule has 0 spiro atoms. The van der Waals surface area contributed by atoms with Crippen molar-refractivity contribution in [2.75, 3.05) is 10.0 Å². The van der Waals surface area contributed by atoms with Gasteiger partial charge in [-0.3, -0.25) is 4.72 Å². The van der Waals surface area contributed by atoms with E-state index in [4.69, 9.17) is 0 Å². The lowest BCUT2D eigenvalue weighted by Gasteiger charge is -2.06. The summed E-state index contributed by atoms with van der Waals surface area (Å²) in [6.45, 7) is 2.11. The standard InChI is InChI=1S/C23H19N5O2S3/c1-2-16-3-5-17(6-4-16)21-15-32-22(27-21)18(13-24)14-26-19-7-9-20(10-8-19)33(29,30)28-23-25-11-12-31-23/h3-12,14-15,26H,2H2,1H3,(H,25,28)/b18-14+. The van der Waals surface area contributed by atoms with Gasteiger partial charge in [-0.05, 0) is 36.2 Å². The molecule has 0 aliphatic heterocycles. The first-order chi connectivity index (χ1) is 16.0. The Morgan fingerprint density at radius 1 is 1.12 bits per heavy atom. The average Bonchev–Trinajstić information content (AvgIpc) is 3.52. The normalized spacial score (nSPS) is 11.7. The zero-order valence-electron chi connectivity index (χ0n) is 17.5. The summed E-state index contributed by atoms with van der Waals surface area (Å²) in [4.78, 5) is 8.65. The Balaban J connectivity index is 1.46. The van der Waals surface area contributed by atoms with Gasteiger partial charge < -0.3 is 5.32 Å². The lowest BCUT2D eigenvalue weighted by atomic mass is 10.1. The van der Waals surface area contributed by atoms with Gasteiger partial charge >= 0.3 is 0 Å². The molecule has 0 unspecified atom stereocenters. The van der Waals surface area contributed by atoms with Crippen LogP contribution in [0.3, 0.4) is 0 Å². The minimum Gasteiger partial charge on any atom is -0.360 e. The summed E-state index contributed by atoms with van der Waals surface area (Å²) in [7, 11) is -3.71. The summed E-state index contributed by atoms with van der Waals surface area (Å²) in [5.41, 5.74) is 4.11. The van der Waals surface area contributed by atoms with Gasteiger partial charge in [-0.15, -0.1) is 22.7 Å². The molecular weight excluding hydrogens is 474 g/mol. The summed E-state index contributed by atoms with van der Waals surface area (Å²) < 4.78 is 27.3. The zero-order chi connectivity index (χ0) is 23.3. The minimum absolute atomic E-state index is 0.117. The Labute approximate surface area is 200 Å². The smallest absolute Gasteiger partial charge is 0.263 e. The molecule has 0 bridgehead atoms. The highest BCUT2D eigenvalue weighted by Gasteiger charge is 2.15. The molecule has 2 heterocycles. The Morgan fingerprint density at radius 3 is 2.52 bits per heavy atom. The van der Waals surface area contributed by atoms with Crippen LogP contribution in [0.25, 0.3) is 16.8 Å². The van der Waals surface area contributed by atoms with Crippen molar-refractivity contribution in [3.8, 4) is 17.3 Å². The number of thiazole rings is 2. The van der Waals surface area contributed by atoms with Crippen LogP contribution in [-0.4, -0.2) is 18.4 Å². The minimum atomic E-state index is -3.71. The van der Waals surface area contributed by atoms with Crippen LogP contribution in [0, 0.1) is 11.3 Å². The van der Waals surface area contributed by atoms with E-state index in [1.807, 2.05) is 17.5 Å². The molecule has 2 aromatic heterocycles. The van der Waals surface area contributed by atoms with Gasteiger partial charge in [-0.1, -0.05) is 31.2 Å². The summed E-state index contributed by atoms with van der Waals surface area (Å²) in [6.07, 6.45) is 4.08. The van der Waals surface area contributed by atoms with Gasteiger partial charge in [-0.25, -0.2) is 18.4 Å². The van der Waals surface area contributed by atoms with E-state index < -0.39 is 10.0 Å². The predicted octanol–water partition coefficient (Wildman–Crippen LogP) is 5.61. The molecule has 7 nitrogen and oxygen atoms in total. The number of benzene rings is 2. The van der Waals surface area contributed by atoms with Crippen molar-refractivity contribution in [3.05, 3.63) is 82.3 Å². The van der Waals surface area contributed by atoms with E-state index in [9.17, 15) is 13.7 Å². The molecule has 2 aromatic carbocycles. The van der Waals surface area contributed by atoms with Crippen LogP contribution in [0.5, 0.6) is 0 Å². The van der Waals surface area contributed by atoms with Gasteiger partial charge in [0.1, 0.15) is 16.6 Å². The molecule has 0 atom stereocenters. The second-order valence-corrected chi connectivity index (χ2v) is 10.3. The molecule has 33 heavy (non-hydrogen) atoms. The fourth-order valence-corrected chi connectivity index (χ4v) is 5.50. The van der Waals surface area contributed by atoms with Crippen molar-refractivity contribution in [2.45, 2.75) is 18.2 Å². The van der Waals surface area contributed by atoms with E-state index in [2.05, 4.69) is 45.1 Å². The van der Waals surface area contributed by atoms with Crippen molar-refractivity contribution in [2.24, 2.45) is 0 Å². The Hall–Kier alpha value is -3.52. The SMILES string of the molecule is CCc1ccc(-c2csc(/C(C#N)=C/Nc3ccc(S(=O)(=O)Nc4nccs4)cc3)n2)cc1. The van der Waals surface area contributed by atoms with Crippen LogP contribution < -0.4 is 10.0 Å². The first-order valence-corrected chi connectivity index (χ1v) is 13.2. The Morgan fingerprint density at radius 2 is 1.88 bits per heavy atom. The van der Waals surface area contributed by atoms with Crippen LogP contribution in [0.15, 0.2) is 76.6 Å². The van der Waals surface area contributed by atoms with E-state index in [-0.39, 0.29) is 4.90 Å². The highest BCUT2D eigenvalue weighted by atomic mass is 32.2. The van der Waals surface area contributed by atoms with Gasteiger partial charge in [0.2, 0.25) is 0 Å².